The van der Waals surface area contributed by atoms with Gasteiger partial charge in [0, 0.05) is 12.3 Å². The van der Waals surface area contributed by atoms with E-state index in [0.29, 0.717) is 12.4 Å². The third-order valence-corrected chi connectivity index (χ3v) is 3.39. The highest BCUT2D eigenvalue weighted by molar-refractivity contribution is 5.91. The predicted molar refractivity (Wildman–Crippen MR) is 74.1 cm³/mol. The Morgan fingerprint density at radius 2 is 2.26 bits per heavy atom. The Balaban J connectivity index is 2.13. The Kier molecular flexibility index (Phi) is 4.17. The number of aromatic nitrogens is 1. The number of carbonyl (C=O) groups excluding carboxylic acids is 1. The number of fused-ring (bicyclic) bond motifs is 1. The number of hydrogen-bond acceptors (Lipinski definition) is 4. The fraction of sp³-hybridized carbons (Fsp3) is 0.571. The fourth-order valence-electron chi connectivity index (χ4n) is 2.51. The van der Waals surface area contributed by atoms with Crippen LogP contribution in [0.15, 0.2) is 6.07 Å². The quantitative estimate of drug-likeness (QED) is 0.835. The average molecular weight is 263 g/mol. The normalized spacial score (nSPS) is 17.6. The van der Waals surface area contributed by atoms with Gasteiger partial charge in [0.05, 0.1) is 6.54 Å². The Hall–Kier alpha value is -1.46. The van der Waals surface area contributed by atoms with Gasteiger partial charge >= 0.3 is 0 Å². The fourth-order valence-corrected chi connectivity index (χ4v) is 2.51. The number of hydrogen-bond donors (Lipinski definition) is 2. The first-order valence-corrected chi connectivity index (χ1v) is 6.54. The number of aryl methyl sites for hydroxylation is 1. The van der Waals surface area contributed by atoms with E-state index in [4.69, 9.17) is 0 Å². The summed E-state index contributed by atoms with van der Waals surface area (Å²) in [6, 6.07) is 1.91. The van der Waals surface area contributed by atoms with E-state index < -0.39 is 0 Å². The largest absolute Gasteiger partial charge is 0.396 e. The van der Waals surface area contributed by atoms with Crippen molar-refractivity contribution >= 4 is 11.7 Å². The van der Waals surface area contributed by atoms with Gasteiger partial charge in [-0.2, -0.15) is 0 Å². The molecular weight excluding hydrogens is 242 g/mol. The van der Waals surface area contributed by atoms with E-state index in [1.165, 1.54) is 5.56 Å². The zero-order valence-corrected chi connectivity index (χ0v) is 11.7. The van der Waals surface area contributed by atoms with Crippen LogP contribution in [0, 0.1) is 12.8 Å². The molecule has 1 aromatic rings. The molecule has 0 fully saturated rings. The van der Waals surface area contributed by atoms with Gasteiger partial charge in [-0.25, -0.2) is 4.98 Å². The van der Waals surface area contributed by atoms with Gasteiger partial charge in [-0.1, -0.05) is 0 Å². The smallest absolute Gasteiger partial charge is 0.239 e. The predicted octanol–water partition coefficient (Wildman–Crippen LogP) is 0.597. The highest BCUT2D eigenvalue weighted by Gasteiger charge is 2.24. The molecule has 0 aromatic carbocycles. The topological polar surface area (TPSA) is 65.5 Å². The molecule has 1 heterocycles. The van der Waals surface area contributed by atoms with Crippen LogP contribution >= 0.6 is 0 Å². The van der Waals surface area contributed by atoms with Gasteiger partial charge in [0.25, 0.3) is 0 Å². The van der Waals surface area contributed by atoms with Gasteiger partial charge in [-0.05, 0) is 57.0 Å². The third kappa shape index (κ3) is 3.30. The maximum atomic E-state index is 11.7. The molecule has 0 saturated carbocycles. The highest BCUT2D eigenvalue weighted by atomic mass is 16.3. The molecule has 1 amide bonds. The van der Waals surface area contributed by atoms with Gasteiger partial charge in [0.15, 0.2) is 0 Å². The lowest BCUT2D eigenvalue weighted by molar-refractivity contribution is -0.116. The van der Waals surface area contributed by atoms with Crippen LogP contribution in [0.25, 0.3) is 0 Å². The van der Waals surface area contributed by atoms with Gasteiger partial charge in [-0.3, -0.25) is 4.79 Å². The van der Waals surface area contributed by atoms with Crippen molar-refractivity contribution in [3.8, 4) is 0 Å². The first-order valence-electron chi connectivity index (χ1n) is 6.54. The summed E-state index contributed by atoms with van der Waals surface area (Å²) in [5.74, 6) is 0.823. The SMILES string of the molecule is Cc1cc(NC(=O)CN(C)C)nc2c1CC(CO)C2. The van der Waals surface area contributed by atoms with Crippen LogP contribution in [0.4, 0.5) is 5.82 Å². The summed E-state index contributed by atoms with van der Waals surface area (Å²) in [5, 5.41) is 12.1. The molecule has 1 aromatic heterocycles. The molecule has 0 bridgehead atoms. The molecule has 0 saturated heterocycles. The number of nitrogens with one attached hydrogen (secondary N) is 1. The second-order valence-corrected chi connectivity index (χ2v) is 5.49. The number of amides is 1. The highest BCUT2D eigenvalue weighted by Crippen LogP contribution is 2.29. The Morgan fingerprint density at radius 1 is 1.53 bits per heavy atom. The summed E-state index contributed by atoms with van der Waals surface area (Å²) in [4.78, 5) is 18.0. The first-order chi connectivity index (χ1) is 8.99. The van der Waals surface area contributed by atoms with Crippen LogP contribution < -0.4 is 5.32 Å². The minimum Gasteiger partial charge on any atom is -0.396 e. The minimum absolute atomic E-state index is 0.0615. The van der Waals surface area contributed by atoms with Crippen molar-refractivity contribution in [3.05, 3.63) is 22.9 Å². The van der Waals surface area contributed by atoms with Gasteiger partial charge in [-0.15, -0.1) is 0 Å². The molecule has 2 N–H and O–H groups in total. The van der Waals surface area contributed by atoms with Gasteiger partial charge in [0.1, 0.15) is 5.82 Å². The van der Waals surface area contributed by atoms with Crippen molar-refractivity contribution in [2.45, 2.75) is 19.8 Å². The molecule has 1 atom stereocenters. The molecule has 104 valence electrons. The summed E-state index contributed by atoms with van der Waals surface area (Å²) in [5.41, 5.74) is 3.38. The van der Waals surface area contributed by atoms with E-state index >= 15 is 0 Å². The van der Waals surface area contributed by atoms with Crippen LogP contribution in [0.2, 0.25) is 0 Å². The van der Waals surface area contributed by atoms with Crippen LogP contribution in [0.3, 0.4) is 0 Å². The zero-order valence-electron chi connectivity index (χ0n) is 11.7. The molecular formula is C14H21N3O2. The van der Waals surface area contributed by atoms with E-state index in [0.717, 1.165) is 24.1 Å². The number of aliphatic hydroxyl groups excluding tert-OH is 1. The van der Waals surface area contributed by atoms with Crippen molar-refractivity contribution in [1.29, 1.82) is 0 Å². The van der Waals surface area contributed by atoms with Gasteiger partial charge in [0.2, 0.25) is 5.91 Å². The van der Waals surface area contributed by atoms with Crippen molar-refractivity contribution in [2.24, 2.45) is 5.92 Å². The summed E-state index contributed by atoms with van der Waals surface area (Å²) >= 11 is 0. The minimum atomic E-state index is -0.0615. The van der Waals surface area contributed by atoms with Crippen LogP contribution in [-0.4, -0.2) is 48.1 Å². The van der Waals surface area contributed by atoms with Crippen LogP contribution in [0.5, 0.6) is 0 Å². The van der Waals surface area contributed by atoms with E-state index in [2.05, 4.69) is 10.3 Å². The van der Waals surface area contributed by atoms with Crippen molar-refractivity contribution in [1.82, 2.24) is 9.88 Å². The van der Waals surface area contributed by atoms with E-state index in [9.17, 15) is 9.90 Å². The number of rotatable bonds is 4. The lowest BCUT2D eigenvalue weighted by Crippen LogP contribution is -2.27. The van der Waals surface area contributed by atoms with E-state index in [1.54, 1.807) is 0 Å². The molecule has 2 rings (SSSR count). The zero-order chi connectivity index (χ0) is 14.0. The van der Waals surface area contributed by atoms with Crippen LogP contribution in [-0.2, 0) is 17.6 Å². The third-order valence-electron chi connectivity index (χ3n) is 3.39. The summed E-state index contributed by atoms with van der Waals surface area (Å²) < 4.78 is 0. The molecule has 0 spiro atoms. The molecule has 19 heavy (non-hydrogen) atoms. The summed E-state index contributed by atoms with van der Waals surface area (Å²) in [7, 11) is 3.71. The molecule has 5 nitrogen and oxygen atoms in total. The summed E-state index contributed by atoms with van der Waals surface area (Å²) in [6.07, 6.45) is 1.68. The molecule has 0 radical (unpaired) electrons. The lowest BCUT2D eigenvalue weighted by Gasteiger charge is -2.11. The number of likely N-dealkylation sites (N-methyl/N-ethyl adjacent to an activating group) is 1. The van der Waals surface area contributed by atoms with Crippen molar-refractivity contribution in [3.63, 3.8) is 0 Å². The second kappa shape index (κ2) is 5.67. The maximum absolute atomic E-state index is 11.7. The maximum Gasteiger partial charge on any atom is 0.239 e. The number of carbonyl (C=O) groups is 1. The Labute approximate surface area is 113 Å². The van der Waals surface area contributed by atoms with Crippen LogP contribution in [0.1, 0.15) is 16.8 Å². The first kappa shape index (κ1) is 14.0. The van der Waals surface area contributed by atoms with E-state index in [-0.39, 0.29) is 18.4 Å². The van der Waals surface area contributed by atoms with E-state index in [1.807, 2.05) is 32.0 Å². The summed E-state index contributed by atoms with van der Waals surface area (Å²) in [6.45, 7) is 2.57. The molecule has 0 aliphatic heterocycles. The second-order valence-electron chi connectivity index (χ2n) is 5.49. The molecule has 1 unspecified atom stereocenters. The molecule has 1 aliphatic rings. The number of anilines is 1. The van der Waals surface area contributed by atoms with Crippen molar-refractivity contribution < 1.29 is 9.90 Å². The standard InChI is InChI=1S/C14H21N3O2/c1-9-4-13(16-14(19)7-17(2)3)15-12-6-10(8-18)5-11(9)12/h4,10,18H,5-8H2,1-3H3,(H,15,16,19). The molecule has 1 aliphatic carbocycles. The lowest BCUT2D eigenvalue weighted by atomic mass is 10.1. The number of nitrogens with zero attached hydrogens (tertiary/aromatic N) is 2. The molecule has 5 heteroatoms. The number of aliphatic hydroxyl groups is 1. The number of pyridine rings is 1. The van der Waals surface area contributed by atoms with Crippen molar-refractivity contribution in [2.75, 3.05) is 32.6 Å². The Bertz CT molecular complexity index is 486. The monoisotopic (exact) mass is 263 g/mol. The average Bonchev–Trinajstić information content (AvgIpc) is 2.71. The Morgan fingerprint density at radius 3 is 2.89 bits per heavy atom. The van der Waals surface area contributed by atoms with Gasteiger partial charge < -0.3 is 15.3 Å².